The van der Waals surface area contributed by atoms with Crippen molar-refractivity contribution >= 4 is 44.9 Å². The Labute approximate surface area is 469 Å². The Hall–Kier alpha value is -9.50. The van der Waals surface area contributed by atoms with Crippen LogP contribution >= 0.6 is 0 Å². The zero-order valence-electron chi connectivity index (χ0n) is 44.6. The highest BCUT2D eigenvalue weighted by Crippen LogP contribution is 2.69. The summed E-state index contributed by atoms with van der Waals surface area (Å²) < 4.78 is 0. The predicted molar refractivity (Wildman–Crippen MR) is 332 cm³/mol. The van der Waals surface area contributed by atoms with E-state index in [-0.39, 0.29) is 5.41 Å². The Bertz CT molecular complexity index is 4260. The maximum atomic E-state index is 2.64. The molecule has 2 nitrogen and oxygen atoms in total. The molecule has 0 amide bonds. The van der Waals surface area contributed by atoms with Gasteiger partial charge in [0.05, 0.1) is 22.5 Å². The summed E-state index contributed by atoms with van der Waals surface area (Å²) in [5.74, 6) is 0.891. The van der Waals surface area contributed by atoms with E-state index >= 15 is 0 Å². The molecule has 80 heavy (non-hydrogen) atoms. The van der Waals surface area contributed by atoms with Crippen molar-refractivity contribution in [1.82, 2.24) is 0 Å². The van der Waals surface area contributed by atoms with Crippen LogP contribution in [0.25, 0.3) is 44.2 Å². The zero-order chi connectivity index (χ0) is 52.8. The van der Waals surface area contributed by atoms with Crippen molar-refractivity contribution in [2.24, 2.45) is 11.8 Å². The lowest BCUT2D eigenvalue weighted by molar-refractivity contribution is 0.350. The van der Waals surface area contributed by atoms with Gasteiger partial charge in [-0.15, -0.1) is 0 Å². The fourth-order valence-corrected chi connectivity index (χ4v) is 15.7. The smallest absolute Gasteiger partial charge is 0.0714 e. The normalized spacial score (nSPS) is 17.7. The number of hydrogen-bond donors (Lipinski definition) is 0. The molecule has 12 aromatic carbocycles. The van der Waals surface area contributed by atoms with Crippen molar-refractivity contribution < 1.29 is 0 Å². The van der Waals surface area contributed by atoms with Crippen LogP contribution in [0.15, 0.2) is 291 Å². The van der Waals surface area contributed by atoms with Gasteiger partial charge in [-0.05, 0) is 181 Å². The second-order valence-electron chi connectivity index (χ2n) is 22.6. The summed E-state index contributed by atoms with van der Waals surface area (Å²) in [5, 5.41) is 2.46. The largest absolute Gasteiger partial charge is 0.310 e. The van der Waals surface area contributed by atoms with Crippen LogP contribution in [0, 0.1) is 11.8 Å². The van der Waals surface area contributed by atoms with Crippen molar-refractivity contribution in [3.8, 4) is 33.4 Å². The van der Waals surface area contributed by atoms with Gasteiger partial charge in [-0.25, -0.2) is 0 Å². The second-order valence-corrected chi connectivity index (χ2v) is 22.6. The minimum absolute atomic E-state index is 0.239. The molecule has 380 valence electrons. The van der Waals surface area contributed by atoms with Crippen molar-refractivity contribution in [3.63, 3.8) is 0 Å². The van der Waals surface area contributed by atoms with Crippen molar-refractivity contribution in [2.75, 3.05) is 9.80 Å². The van der Waals surface area contributed by atoms with E-state index in [0.29, 0.717) is 11.8 Å². The quantitative estimate of drug-likeness (QED) is 0.135. The average Bonchev–Trinajstić information content (AvgIpc) is 4.38. The molecule has 0 N–H and O–H groups in total. The SMILES string of the molecule is c1ccc(-c2ccc(-c3cc4ccccc4cc3N(c3ccccc3)c3cccc4c3C35c6c(cccc6N(c6ccccc6)c6ccc7c(c6)C(c6ccccc6)(c6ccccc6)c6ccccc6-7)CC3CCC5C4)cc2)cc1. The van der Waals surface area contributed by atoms with Gasteiger partial charge in [-0.2, -0.15) is 0 Å². The first kappa shape index (κ1) is 46.6. The summed E-state index contributed by atoms with van der Waals surface area (Å²) >= 11 is 0. The Kier molecular flexibility index (Phi) is 10.8. The molecule has 0 aliphatic heterocycles. The minimum Gasteiger partial charge on any atom is -0.310 e. The highest BCUT2D eigenvalue weighted by Gasteiger charge is 2.62. The van der Waals surface area contributed by atoms with E-state index in [4.69, 9.17) is 0 Å². The van der Waals surface area contributed by atoms with Crippen molar-refractivity contribution in [2.45, 2.75) is 36.5 Å². The molecular formula is C78H58N2. The van der Waals surface area contributed by atoms with E-state index in [1.807, 2.05) is 0 Å². The number of fused-ring (bicyclic) bond motifs is 6. The van der Waals surface area contributed by atoms with Gasteiger partial charge < -0.3 is 9.80 Å². The van der Waals surface area contributed by atoms with Gasteiger partial charge in [-0.3, -0.25) is 0 Å². The van der Waals surface area contributed by atoms with E-state index < -0.39 is 5.41 Å². The third-order valence-corrected chi connectivity index (χ3v) is 18.8. The third-order valence-electron chi connectivity index (χ3n) is 18.8. The van der Waals surface area contributed by atoms with Crippen LogP contribution in [0.4, 0.5) is 34.1 Å². The molecule has 4 aliphatic carbocycles. The van der Waals surface area contributed by atoms with Crippen LogP contribution in [-0.2, 0) is 23.7 Å². The second kappa shape index (κ2) is 18.6. The van der Waals surface area contributed by atoms with E-state index in [0.717, 1.165) is 24.2 Å². The van der Waals surface area contributed by atoms with Crippen LogP contribution in [0.1, 0.15) is 57.3 Å². The van der Waals surface area contributed by atoms with Gasteiger partial charge in [0.25, 0.3) is 0 Å². The first-order chi connectivity index (χ1) is 39.7. The van der Waals surface area contributed by atoms with Gasteiger partial charge in [0.15, 0.2) is 0 Å². The number of rotatable bonds is 10. The molecule has 1 spiro atoms. The number of benzene rings is 12. The van der Waals surface area contributed by atoms with Crippen LogP contribution in [0.5, 0.6) is 0 Å². The summed E-state index contributed by atoms with van der Waals surface area (Å²) in [6.45, 7) is 0. The third kappa shape index (κ3) is 6.91. The maximum Gasteiger partial charge on any atom is 0.0714 e. The lowest BCUT2D eigenvalue weighted by atomic mass is 9.67. The summed E-state index contributed by atoms with van der Waals surface area (Å²) in [6.07, 6.45) is 4.51. The Morgan fingerprint density at radius 3 is 1.39 bits per heavy atom. The Balaban J connectivity index is 0.926. The molecule has 0 aromatic heterocycles. The van der Waals surface area contributed by atoms with E-state index in [2.05, 4.69) is 301 Å². The average molecular weight is 1020 g/mol. The van der Waals surface area contributed by atoms with Crippen LogP contribution in [-0.4, -0.2) is 0 Å². The van der Waals surface area contributed by atoms with Crippen molar-refractivity contribution in [1.29, 1.82) is 0 Å². The van der Waals surface area contributed by atoms with Crippen molar-refractivity contribution in [3.05, 3.63) is 336 Å². The van der Waals surface area contributed by atoms with E-state index in [9.17, 15) is 0 Å². The van der Waals surface area contributed by atoms with Gasteiger partial charge in [0, 0.05) is 28.0 Å². The molecule has 3 unspecified atom stereocenters. The van der Waals surface area contributed by atoms with E-state index in [1.165, 1.54) is 124 Å². The summed E-state index contributed by atoms with van der Waals surface area (Å²) in [4.78, 5) is 5.27. The molecule has 1 saturated carbocycles. The number of para-hydroxylation sites is 2. The molecule has 0 saturated heterocycles. The highest BCUT2D eigenvalue weighted by atomic mass is 15.2. The summed E-state index contributed by atoms with van der Waals surface area (Å²) in [6, 6.07) is 110. The van der Waals surface area contributed by atoms with Gasteiger partial charge in [0.2, 0.25) is 0 Å². The zero-order valence-corrected chi connectivity index (χ0v) is 44.6. The topological polar surface area (TPSA) is 6.48 Å². The monoisotopic (exact) mass is 1020 g/mol. The lowest BCUT2D eigenvalue weighted by Crippen LogP contribution is -2.34. The molecule has 3 atom stereocenters. The fraction of sp³-hybridized carbons (Fsp3) is 0.103. The molecule has 2 heteroatoms. The highest BCUT2D eigenvalue weighted by molar-refractivity contribution is 6.00. The van der Waals surface area contributed by atoms with Crippen LogP contribution in [0.2, 0.25) is 0 Å². The molecule has 16 rings (SSSR count). The molecule has 12 aromatic rings. The lowest BCUT2D eigenvalue weighted by Gasteiger charge is -2.40. The molecular weight excluding hydrogens is 965 g/mol. The van der Waals surface area contributed by atoms with Gasteiger partial charge >= 0.3 is 0 Å². The first-order valence-electron chi connectivity index (χ1n) is 28.7. The van der Waals surface area contributed by atoms with E-state index in [1.54, 1.807) is 0 Å². The van der Waals surface area contributed by atoms with Gasteiger partial charge in [0.1, 0.15) is 0 Å². The Morgan fingerprint density at radius 1 is 0.300 bits per heavy atom. The first-order valence-corrected chi connectivity index (χ1v) is 28.7. The van der Waals surface area contributed by atoms with Gasteiger partial charge in [-0.1, -0.05) is 231 Å². The fourth-order valence-electron chi connectivity index (χ4n) is 15.7. The molecule has 1 fully saturated rings. The number of hydrogen-bond acceptors (Lipinski definition) is 2. The number of nitrogens with zero attached hydrogens (tertiary/aromatic N) is 2. The molecule has 0 radical (unpaired) electrons. The standard InChI is InChI=1S/C78H58N2/c1-6-22-53(23-7-1)54-40-42-55(43-41-54)69-50-56-24-16-17-25-57(56)51-74(69)80(65-34-14-5-15-35-65)73-39-21-27-59-49-63-45-44-62-48-58-26-20-38-72(75(58)78(62,63)76(59)73)79(64-32-12-4-13-33-64)66-46-47-68-67-36-18-19-37-70(67)77(71(68)52-66,60-28-8-2-9-29-60)61-30-10-3-11-31-61/h1-43,46-47,50-52,62-63H,44-45,48-49H2. The van der Waals surface area contributed by atoms with Crippen LogP contribution in [0.3, 0.4) is 0 Å². The summed E-state index contributed by atoms with van der Waals surface area (Å²) in [5.41, 5.74) is 25.0. The Morgan fingerprint density at radius 2 is 0.775 bits per heavy atom. The molecule has 4 aliphatic rings. The van der Waals surface area contributed by atoms with Crippen LogP contribution < -0.4 is 9.80 Å². The molecule has 0 heterocycles. The summed E-state index contributed by atoms with van der Waals surface area (Å²) in [7, 11) is 0. The number of anilines is 6. The molecule has 0 bridgehead atoms. The minimum atomic E-state index is -0.530. The predicted octanol–water partition coefficient (Wildman–Crippen LogP) is 19.9. The maximum absolute atomic E-state index is 2.64.